The molecule has 0 spiro atoms. The third kappa shape index (κ3) is 3.40. The summed E-state index contributed by atoms with van der Waals surface area (Å²) in [6.45, 7) is 0. The second-order valence-electron chi connectivity index (χ2n) is 5.14. The molecule has 2 aromatic carbocycles. The molecular formula is C18H17N3S. The molecule has 0 amide bonds. The van der Waals surface area contributed by atoms with Crippen LogP contribution >= 0.6 is 12.2 Å². The van der Waals surface area contributed by atoms with Crippen molar-refractivity contribution in [3.05, 3.63) is 71.9 Å². The third-order valence-electron chi connectivity index (χ3n) is 3.58. The predicted octanol–water partition coefficient (Wildman–Crippen LogP) is 3.68. The molecule has 0 fully saturated rings. The van der Waals surface area contributed by atoms with Gasteiger partial charge in [0.15, 0.2) is 5.11 Å². The van der Waals surface area contributed by atoms with Gasteiger partial charge in [0, 0.05) is 16.8 Å². The molecule has 0 atom stereocenters. The Balaban J connectivity index is 1.77. The zero-order valence-electron chi connectivity index (χ0n) is 12.1. The van der Waals surface area contributed by atoms with Crippen molar-refractivity contribution in [2.75, 3.05) is 5.32 Å². The van der Waals surface area contributed by atoms with Gasteiger partial charge >= 0.3 is 0 Å². The van der Waals surface area contributed by atoms with Crippen molar-refractivity contribution in [3.8, 4) is 0 Å². The second kappa shape index (κ2) is 6.54. The van der Waals surface area contributed by atoms with Crippen LogP contribution in [-0.2, 0) is 12.8 Å². The van der Waals surface area contributed by atoms with Crippen molar-refractivity contribution < 1.29 is 0 Å². The lowest BCUT2D eigenvalue weighted by atomic mass is 10.1. The van der Waals surface area contributed by atoms with E-state index in [0.29, 0.717) is 0 Å². The molecule has 3 N–H and O–H groups in total. The van der Waals surface area contributed by atoms with Crippen molar-refractivity contribution in [2.45, 2.75) is 12.8 Å². The van der Waals surface area contributed by atoms with Gasteiger partial charge in [-0.2, -0.15) is 0 Å². The predicted molar refractivity (Wildman–Crippen MR) is 96.0 cm³/mol. The van der Waals surface area contributed by atoms with Gasteiger partial charge < -0.3 is 11.1 Å². The molecule has 3 rings (SSSR count). The van der Waals surface area contributed by atoms with Crippen LogP contribution in [0.5, 0.6) is 0 Å². The van der Waals surface area contributed by atoms with Crippen LogP contribution in [0.4, 0.5) is 5.69 Å². The first-order valence-corrected chi connectivity index (χ1v) is 7.62. The summed E-state index contributed by atoms with van der Waals surface area (Å²) in [5, 5.41) is 4.48. The Hall–Kier alpha value is -2.46. The fraction of sp³-hybridized carbons (Fsp3) is 0.111. The monoisotopic (exact) mass is 307 g/mol. The fourth-order valence-electron chi connectivity index (χ4n) is 2.50. The van der Waals surface area contributed by atoms with Gasteiger partial charge in [0.2, 0.25) is 0 Å². The maximum absolute atomic E-state index is 5.57. The van der Waals surface area contributed by atoms with Gasteiger partial charge in [-0.05, 0) is 48.8 Å². The first kappa shape index (κ1) is 14.5. The van der Waals surface area contributed by atoms with Crippen LogP contribution in [0.1, 0.15) is 11.3 Å². The van der Waals surface area contributed by atoms with E-state index in [1.54, 1.807) is 0 Å². The van der Waals surface area contributed by atoms with Crippen LogP contribution in [0.2, 0.25) is 0 Å². The van der Waals surface area contributed by atoms with Crippen molar-refractivity contribution >= 4 is 33.9 Å². The maximum atomic E-state index is 5.57. The van der Waals surface area contributed by atoms with Crippen molar-refractivity contribution in [1.82, 2.24) is 4.98 Å². The third-order valence-corrected chi connectivity index (χ3v) is 3.68. The Morgan fingerprint density at radius 3 is 2.59 bits per heavy atom. The molecule has 0 saturated carbocycles. The van der Waals surface area contributed by atoms with E-state index in [1.807, 2.05) is 36.4 Å². The average Bonchev–Trinajstić information content (AvgIpc) is 2.53. The Labute approximate surface area is 135 Å². The molecule has 3 nitrogen and oxygen atoms in total. The molecule has 1 heterocycles. The van der Waals surface area contributed by atoms with Crippen LogP contribution < -0.4 is 11.1 Å². The number of nitrogens with zero attached hydrogens (tertiary/aromatic N) is 1. The minimum Gasteiger partial charge on any atom is -0.376 e. The highest BCUT2D eigenvalue weighted by Gasteiger charge is 2.04. The molecule has 4 heteroatoms. The first-order valence-electron chi connectivity index (χ1n) is 7.21. The number of nitrogens with one attached hydrogen (secondary N) is 1. The summed E-state index contributed by atoms with van der Waals surface area (Å²) in [5.74, 6) is 0. The van der Waals surface area contributed by atoms with Crippen LogP contribution in [0.3, 0.4) is 0 Å². The van der Waals surface area contributed by atoms with Gasteiger partial charge in [-0.15, -0.1) is 0 Å². The van der Waals surface area contributed by atoms with Gasteiger partial charge in [0.25, 0.3) is 0 Å². The highest BCUT2D eigenvalue weighted by Crippen LogP contribution is 2.18. The second-order valence-corrected chi connectivity index (χ2v) is 5.58. The molecule has 1 aromatic heterocycles. The standard InChI is InChI=1S/C18H17N3S/c19-18(22)21-17-8-4-2-6-14(17)10-12-15-11-9-13-5-1-3-7-16(13)20-15/h1-9,11H,10,12H2,(H3,19,21,22). The Morgan fingerprint density at radius 1 is 0.955 bits per heavy atom. The Morgan fingerprint density at radius 2 is 1.73 bits per heavy atom. The van der Waals surface area contributed by atoms with E-state index in [-0.39, 0.29) is 5.11 Å². The molecule has 0 bridgehead atoms. The van der Waals surface area contributed by atoms with Gasteiger partial charge in [0.1, 0.15) is 0 Å². The highest BCUT2D eigenvalue weighted by molar-refractivity contribution is 7.80. The largest absolute Gasteiger partial charge is 0.376 e. The number of para-hydroxylation sites is 2. The Kier molecular flexibility index (Phi) is 4.30. The van der Waals surface area contributed by atoms with Crippen molar-refractivity contribution in [3.63, 3.8) is 0 Å². The van der Waals surface area contributed by atoms with Crippen LogP contribution in [0.15, 0.2) is 60.7 Å². The lowest BCUT2D eigenvalue weighted by molar-refractivity contribution is 0.924. The fourth-order valence-corrected chi connectivity index (χ4v) is 2.61. The minimum absolute atomic E-state index is 0.288. The summed E-state index contributed by atoms with van der Waals surface area (Å²) in [6.07, 6.45) is 1.76. The SMILES string of the molecule is NC(=S)Nc1ccccc1CCc1ccc2ccccc2n1. The molecule has 110 valence electrons. The van der Waals surface area contributed by atoms with Crippen molar-refractivity contribution in [2.24, 2.45) is 5.73 Å². The molecule has 0 saturated heterocycles. The number of pyridine rings is 1. The number of rotatable bonds is 4. The molecule has 0 unspecified atom stereocenters. The van der Waals surface area contributed by atoms with E-state index >= 15 is 0 Å². The van der Waals surface area contributed by atoms with E-state index in [0.717, 1.165) is 29.7 Å². The molecule has 0 aliphatic heterocycles. The lowest BCUT2D eigenvalue weighted by Gasteiger charge is -2.10. The molecule has 22 heavy (non-hydrogen) atoms. The minimum atomic E-state index is 0.288. The summed E-state index contributed by atoms with van der Waals surface area (Å²) >= 11 is 4.92. The topological polar surface area (TPSA) is 50.9 Å². The van der Waals surface area contributed by atoms with E-state index in [1.165, 1.54) is 10.9 Å². The zero-order chi connectivity index (χ0) is 15.4. The van der Waals surface area contributed by atoms with E-state index in [2.05, 4.69) is 29.6 Å². The molecule has 0 radical (unpaired) electrons. The number of aryl methyl sites for hydroxylation is 2. The number of anilines is 1. The van der Waals surface area contributed by atoms with E-state index in [9.17, 15) is 0 Å². The number of benzene rings is 2. The van der Waals surface area contributed by atoms with Crippen LogP contribution in [-0.4, -0.2) is 10.1 Å². The average molecular weight is 307 g/mol. The van der Waals surface area contributed by atoms with E-state index in [4.69, 9.17) is 22.9 Å². The van der Waals surface area contributed by atoms with Gasteiger partial charge in [-0.25, -0.2) is 0 Å². The van der Waals surface area contributed by atoms with Gasteiger partial charge in [0.05, 0.1) is 5.52 Å². The normalized spacial score (nSPS) is 10.5. The highest BCUT2D eigenvalue weighted by atomic mass is 32.1. The number of thiocarbonyl (C=S) groups is 1. The first-order chi connectivity index (χ1) is 10.7. The van der Waals surface area contributed by atoms with Gasteiger partial charge in [-0.1, -0.05) is 42.5 Å². The zero-order valence-corrected chi connectivity index (χ0v) is 12.9. The van der Waals surface area contributed by atoms with Crippen LogP contribution in [0, 0.1) is 0 Å². The van der Waals surface area contributed by atoms with Crippen molar-refractivity contribution in [1.29, 1.82) is 0 Å². The summed E-state index contributed by atoms with van der Waals surface area (Å²) in [4.78, 5) is 4.71. The quantitative estimate of drug-likeness (QED) is 0.722. The molecule has 0 aliphatic rings. The maximum Gasteiger partial charge on any atom is 0.168 e. The molecular weight excluding hydrogens is 290 g/mol. The number of aromatic nitrogens is 1. The van der Waals surface area contributed by atoms with E-state index < -0.39 is 0 Å². The summed E-state index contributed by atoms with van der Waals surface area (Å²) in [5.41, 5.74) is 9.85. The number of hydrogen-bond acceptors (Lipinski definition) is 2. The summed E-state index contributed by atoms with van der Waals surface area (Å²) in [7, 11) is 0. The van der Waals surface area contributed by atoms with Crippen LogP contribution in [0.25, 0.3) is 10.9 Å². The summed E-state index contributed by atoms with van der Waals surface area (Å²) in [6, 6.07) is 20.4. The number of nitrogens with two attached hydrogens (primary N) is 1. The van der Waals surface area contributed by atoms with Gasteiger partial charge in [-0.3, -0.25) is 4.98 Å². The lowest BCUT2D eigenvalue weighted by Crippen LogP contribution is -2.19. The number of hydrogen-bond donors (Lipinski definition) is 2. The molecule has 3 aromatic rings. The summed E-state index contributed by atoms with van der Waals surface area (Å²) < 4.78 is 0. The smallest absolute Gasteiger partial charge is 0.168 e. The number of fused-ring (bicyclic) bond motifs is 1. The Bertz CT molecular complexity index is 814. The molecule has 0 aliphatic carbocycles.